The van der Waals surface area contributed by atoms with Gasteiger partial charge < -0.3 is 16.2 Å². The Labute approximate surface area is 171 Å². The lowest BCUT2D eigenvalue weighted by Gasteiger charge is -2.33. The molecule has 1 amide bonds. The van der Waals surface area contributed by atoms with Crippen molar-refractivity contribution in [1.82, 2.24) is 10.6 Å². The molecule has 2 atom stereocenters. The summed E-state index contributed by atoms with van der Waals surface area (Å²) >= 11 is 0. The van der Waals surface area contributed by atoms with E-state index in [1.807, 2.05) is 27.7 Å². The molecular formula is C23H41N3O2. The smallest absolute Gasteiger partial charge is 0.251 e. The van der Waals surface area contributed by atoms with Crippen LogP contribution in [0.4, 0.5) is 0 Å². The van der Waals surface area contributed by atoms with E-state index < -0.39 is 11.8 Å². The third kappa shape index (κ3) is 8.72. The van der Waals surface area contributed by atoms with Gasteiger partial charge >= 0.3 is 0 Å². The molecule has 5 heteroatoms. The number of nitrogens with two attached hydrogens (primary N) is 1. The lowest BCUT2D eigenvalue weighted by molar-refractivity contribution is 0.0899. The Morgan fingerprint density at radius 2 is 1.64 bits per heavy atom. The molecule has 0 aliphatic carbocycles. The highest BCUT2D eigenvalue weighted by atomic mass is 16.3. The van der Waals surface area contributed by atoms with Gasteiger partial charge in [-0.3, -0.25) is 10.1 Å². The summed E-state index contributed by atoms with van der Waals surface area (Å²) < 4.78 is 0. The molecule has 1 rings (SSSR count). The van der Waals surface area contributed by atoms with Crippen LogP contribution in [0.5, 0.6) is 0 Å². The minimum Gasteiger partial charge on any atom is -0.374 e. The van der Waals surface area contributed by atoms with Crippen LogP contribution in [0.1, 0.15) is 96.8 Å². The summed E-state index contributed by atoms with van der Waals surface area (Å²) in [4.78, 5) is 12.6. The van der Waals surface area contributed by atoms with E-state index in [0.717, 1.165) is 18.4 Å². The number of hydrogen-bond donors (Lipinski definition) is 4. The van der Waals surface area contributed by atoms with Crippen LogP contribution in [0.25, 0.3) is 0 Å². The summed E-state index contributed by atoms with van der Waals surface area (Å²) in [5.74, 6) is -0.138. The molecular weight excluding hydrogens is 350 g/mol. The van der Waals surface area contributed by atoms with Crippen LogP contribution >= 0.6 is 0 Å². The molecule has 28 heavy (non-hydrogen) atoms. The first-order valence-electron chi connectivity index (χ1n) is 10.3. The maximum absolute atomic E-state index is 12.6. The molecule has 0 heterocycles. The van der Waals surface area contributed by atoms with Crippen molar-refractivity contribution in [3.8, 4) is 0 Å². The highest BCUT2D eigenvalue weighted by Crippen LogP contribution is 2.27. The average Bonchev–Trinajstić information content (AvgIpc) is 2.51. The minimum absolute atomic E-state index is 0.138. The van der Waals surface area contributed by atoms with Gasteiger partial charge in [-0.2, -0.15) is 0 Å². The van der Waals surface area contributed by atoms with Crippen LogP contribution < -0.4 is 16.4 Å². The van der Waals surface area contributed by atoms with Gasteiger partial charge in [0.25, 0.3) is 5.91 Å². The Kier molecular flexibility index (Phi) is 8.24. The summed E-state index contributed by atoms with van der Waals surface area (Å²) in [5, 5.41) is 16.8. The summed E-state index contributed by atoms with van der Waals surface area (Å²) in [6.45, 7) is 16.6. The van der Waals surface area contributed by atoms with Crippen LogP contribution in [-0.2, 0) is 0 Å². The van der Waals surface area contributed by atoms with Gasteiger partial charge in [0.2, 0.25) is 0 Å². The minimum atomic E-state index is -0.755. The van der Waals surface area contributed by atoms with Crippen molar-refractivity contribution in [1.29, 1.82) is 0 Å². The van der Waals surface area contributed by atoms with Crippen LogP contribution in [0.2, 0.25) is 0 Å². The second-order valence-electron chi connectivity index (χ2n) is 10.3. The maximum atomic E-state index is 12.6. The normalized spacial score (nSPS) is 15.2. The highest BCUT2D eigenvalue weighted by Gasteiger charge is 2.28. The zero-order chi connectivity index (χ0) is 21.8. The number of hydrogen-bond acceptors (Lipinski definition) is 4. The highest BCUT2D eigenvalue weighted by molar-refractivity contribution is 5.94. The molecule has 1 aromatic carbocycles. The summed E-state index contributed by atoms with van der Waals surface area (Å²) in [5.41, 5.74) is 6.88. The first-order chi connectivity index (χ1) is 12.6. The fourth-order valence-corrected chi connectivity index (χ4v) is 3.78. The molecule has 0 spiro atoms. The lowest BCUT2D eigenvalue weighted by atomic mass is 9.83. The molecule has 0 aliphatic rings. The Balaban J connectivity index is 2.71. The van der Waals surface area contributed by atoms with Crippen molar-refractivity contribution in [2.75, 3.05) is 0 Å². The molecule has 2 unspecified atom stereocenters. The predicted octanol–water partition coefficient (Wildman–Crippen LogP) is 4.12. The summed E-state index contributed by atoms with van der Waals surface area (Å²) in [6.07, 6.45) is 1.98. The van der Waals surface area contributed by atoms with E-state index in [1.54, 1.807) is 24.3 Å². The van der Waals surface area contributed by atoms with E-state index in [1.165, 1.54) is 0 Å². The summed E-state index contributed by atoms with van der Waals surface area (Å²) in [7, 11) is 0. The molecule has 0 radical (unpaired) electrons. The van der Waals surface area contributed by atoms with Crippen molar-refractivity contribution in [3.05, 3.63) is 35.4 Å². The molecule has 5 N–H and O–H groups in total. The first kappa shape index (κ1) is 24.6. The fraction of sp³-hybridized carbons (Fsp3) is 0.696. The van der Waals surface area contributed by atoms with E-state index >= 15 is 0 Å². The average molecular weight is 392 g/mol. The second kappa shape index (κ2) is 9.38. The first-order valence-corrected chi connectivity index (χ1v) is 10.3. The fourth-order valence-electron chi connectivity index (χ4n) is 3.78. The van der Waals surface area contributed by atoms with Gasteiger partial charge in [-0.15, -0.1) is 0 Å². The zero-order valence-electron chi connectivity index (χ0n) is 19.0. The number of carbonyl (C=O) groups is 1. The molecule has 0 aliphatic heterocycles. The van der Waals surface area contributed by atoms with Crippen LogP contribution in [0.3, 0.4) is 0 Å². The molecule has 0 bridgehead atoms. The number of rotatable bonds is 10. The van der Waals surface area contributed by atoms with Crippen molar-refractivity contribution in [2.24, 2.45) is 11.1 Å². The van der Waals surface area contributed by atoms with E-state index in [2.05, 4.69) is 38.3 Å². The number of amides is 1. The molecule has 0 saturated heterocycles. The number of nitrogens with one attached hydrogen (secondary N) is 2. The molecule has 160 valence electrons. The van der Waals surface area contributed by atoms with Gasteiger partial charge in [0, 0.05) is 22.7 Å². The van der Waals surface area contributed by atoms with Crippen LogP contribution in [0, 0.1) is 5.41 Å². The van der Waals surface area contributed by atoms with E-state index in [-0.39, 0.29) is 22.9 Å². The Morgan fingerprint density at radius 3 is 2.11 bits per heavy atom. The van der Waals surface area contributed by atoms with E-state index in [0.29, 0.717) is 12.0 Å². The SMILES string of the molecule is CCC(C)(C)CC(C)NC(O)c1ccc(C(=O)NC(C)(C)CC(C)(C)N)cc1. The lowest BCUT2D eigenvalue weighted by Crippen LogP contribution is -2.50. The van der Waals surface area contributed by atoms with Gasteiger partial charge in [-0.05, 0) is 70.6 Å². The summed E-state index contributed by atoms with van der Waals surface area (Å²) in [6, 6.07) is 7.28. The van der Waals surface area contributed by atoms with E-state index in [4.69, 9.17) is 5.73 Å². The van der Waals surface area contributed by atoms with Crippen molar-refractivity contribution in [2.45, 2.75) is 98.0 Å². The molecule has 0 saturated carbocycles. The van der Waals surface area contributed by atoms with Gasteiger partial charge in [0.15, 0.2) is 0 Å². The monoisotopic (exact) mass is 391 g/mol. The largest absolute Gasteiger partial charge is 0.374 e. The number of aliphatic hydroxyl groups is 1. The Bertz CT molecular complexity index is 630. The standard InChI is InChI=1S/C23H41N3O2/c1-9-21(3,4)14-16(2)25-19(27)17-10-12-18(13-11-17)20(28)26-23(7,8)15-22(5,6)24/h10-13,16,19,25,27H,9,14-15,24H2,1-8H3,(H,26,28). The second-order valence-corrected chi connectivity index (χ2v) is 10.3. The maximum Gasteiger partial charge on any atom is 0.251 e. The van der Waals surface area contributed by atoms with Gasteiger partial charge in [-0.1, -0.05) is 39.3 Å². The molecule has 0 fully saturated rings. The van der Waals surface area contributed by atoms with Crippen molar-refractivity contribution < 1.29 is 9.90 Å². The molecule has 5 nitrogen and oxygen atoms in total. The number of benzene rings is 1. The third-order valence-electron chi connectivity index (χ3n) is 5.10. The predicted molar refractivity (Wildman–Crippen MR) is 117 cm³/mol. The number of carbonyl (C=O) groups excluding carboxylic acids is 1. The zero-order valence-corrected chi connectivity index (χ0v) is 19.0. The van der Waals surface area contributed by atoms with Crippen molar-refractivity contribution >= 4 is 5.91 Å². The molecule has 1 aromatic rings. The number of aliphatic hydroxyl groups excluding tert-OH is 1. The van der Waals surface area contributed by atoms with Gasteiger partial charge in [-0.25, -0.2) is 0 Å². The third-order valence-corrected chi connectivity index (χ3v) is 5.10. The Morgan fingerprint density at radius 1 is 1.11 bits per heavy atom. The Hall–Kier alpha value is -1.43. The van der Waals surface area contributed by atoms with Crippen LogP contribution in [0.15, 0.2) is 24.3 Å². The molecule has 0 aromatic heterocycles. The van der Waals surface area contributed by atoms with Gasteiger partial charge in [0.1, 0.15) is 6.23 Å². The van der Waals surface area contributed by atoms with Crippen molar-refractivity contribution in [3.63, 3.8) is 0 Å². The quantitative estimate of drug-likeness (QED) is 0.452. The van der Waals surface area contributed by atoms with Crippen LogP contribution in [-0.4, -0.2) is 28.1 Å². The van der Waals surface area contributed by atoms with Gasteiger partial charge in [0.05, 0.1) is 0 Å². The topological polar surface area (TPSA) is 87.4 Å². The van der Waals surface area contributed by atoms with E-state index in [9.17, 15) is 9.90 Å².